The van der Waals surface area contributed by atoms with Crippen molar-refractivity contribution < 1.29 is 9.90 Å². The van der Waals surface area contributed by atoms with Crippen molar-refractivity contribution in [3.05, 3.63) is 59.9 Å². The molecule has 0 radical (unpaired) electrons. The zero-order valence-electron chi connectivity index (χ0n) is 10.1. The van der Waals surface area contributed by atoms with Crippen LogP contribution in [0, 0.1) is 0 Å². The van der Waals surface area contributed by atoms with E-state index in [0.717, 1.165) is 11.4 Å². The van der Waals surface area contributed by atoms with Crippen LogP contribution in [0.25, 0.3) is 0 Å². The first-order valence-corrected chi connectivity index (χ1v) is 5.61. The lowest BCUT2D eigenvalue weighted by Gasteiger charge is -2.18. The van der Waals surface area contributed by atoms with E-state index >= 15 is 0 Å². The SMILES string of the molecule is CN(Cc1cc(C(=O)O)ccn1)c1ccccc1. The Kier molecular flexibility index (Phi) is 3.57. The summed E-state index contributed by atoms with van der Waals surface area (Å²) in [5.74, 6) is -0.930. The summed E-state index contributed by atoms with van der Waals surface area (Å²) in [5.41, 5.74) is 2.07. The van der Waals surface area contributed by atoms with Gasteiger partial charge in [-0.1, -0.05) is 18.2 Å². The molecule has 0 fully saturated rings. The minimum Gasteiger partial charge on any atom is -0.478 e. The number of nitrogens with zero attached hydrogens (tertiary/aromatic N) is 2. The lowest BCUT2D eigenvalue weighted by Crippen LogP contribution is -2.17. The summed E-state index contributed by atoms with van der Waals surface area (Å²) in [5, 5.41) is 8.92. The Balaban J connectivity index is 2.14. The summed E-state index contributed by atoms with van der Waals surface area (Å²) in [7, 11) is 1.95. The molecule has 0 bridgehead atoms. The number of hydrogen-bond acceptors (Lipinski definition) is 3. The van der Waals surface area contributed by atoms with Gasteiger partial charge in [-0.2, -0.15) is 0 Å². The van der Waals surface area contributed by atoms with Crippen LogP contribution in [-0.4, -0.2) is 23.1 Å². The summed E-state index contributed by atoms with van der Waals surface area (Å²) in [4.78, 5) is 17.1. The van der Waals surface area contributed by atoms with Crippen molar-refractivity contribution in [2.24, 2.45) is 0 Å². The summed E-state index contributed by atoms with van der Waals surface area (Å²) >= 11 is 0. The maximum Gasteiger partial charge on any atom is 0.335 e. The van der Waals surface area contributed by atoms with Gasteiger partial charge in [0.2, 0.25) is 0 Å². The monoisotopic (exact) mass is 242 g/mol. The Morgan fingerprint density at radius 1 is 1.28 bits per heavy atom. The van der Waals surface area contributed by atoms with Gasteiger partial charge >= 0.3 is 5.97 Å². The minimum atomic E-state index is -0.930. The highest BCUT2D eigenvalue weighted by atomic mass is 16.4. The molecule has 0 aliphatic carbocycles. The van der Waals surface area contributed by atoms with Crippen molar-refractivity contribution in [3.8, 4) is 0 Å². The number of carbonyl (C=O) groups is 1. The molecule has 0 saturated carbocycles. The van der Waals surface area contributed by atoms with Gasteiger partial charge < -0.3 is 10.0 Å². The number of para-hydroxylation sites is 1. The third-order valence-electron chi connectivity index (χ3n) is 2.66. The summed E-state index contributed by atoms with van der Waals surface area (Å²) in [6.45, 7) is 0.575. The van der Waals surface area contributed by atoms with Gasteiger partial charge in [-0.05, 0) is 24.3 Å². The second-order valence-corrected chi connectivity index (χ2v) is 4.03. The summed E-state index contributed by atoms with van der Waals surface area (Å²) in [6, 6.07) is 13.0. The molecule has 18 heavy (non-hydrogen) atoms. The van der Waals surface area contributed by atoms with Gasteiger partial charge in [0.1, 0.15) is 0 Å². The lowest BCUT2D eigenvalue weighted by atomic mass is 10.2. The van der Waals surface area contributed by atoms with E-state index in [-0.39, 0.29) is 5.56 Å². The molecule has 1 N–H and O–H groups in total. The molecule has 0 amide bonds. The molecule has 0 saturated heterocycles. The molecular weight excluding hydrogens is 228 g/mol. The predicted octanol–water partition coefficient (Wildman–Crippen LogP) is 2.42. The van der Waals surface area contributed by atoms with E-state index < -0.39 is 5.97 Å². The second-order valence-electron chi connectivity index (χ2n) is 4.03. The number of hydrogen-bond donors (Lipinski definition) is 1. The maximum absolute atomic E-state index is 10.9. The van der Waals surface area contributed by atoms with Crippen LogP contribution in [-0.2, 0) is 6.54 Å². The standard InChI is InChI=1S/C14H14N2O2/c1-16(13-5-3-2-4-6-13)10-12-9-11(14(17)18)7-8-15-12/h2-9H,10H2,1H3,(H,17,18). The fourth-order valence-electron chi connectivity index (χ4n) is 1.71. The molecule has 0 spiro atoms. The van der Waals surface area contributed by atoms with Gasteiger partial charge in [0.25, 0.3) is 0 Å². The van der Waals surface area contributed by atoms with E-state index in [0.29, 0.717) is 6.54 Å². The van der Waals surface area contributed by atoms with Crippen molar-refractivity contribution in [1.29, 1.82) is 0 Å². The topological polar surface area (TPSA) is 53.4 Å². The Morgan fingerprint density at radius 2 is 2.00 bits per heavy atom. The van der Waals surface area contributed by atoms with E-state index in [1.165, 1.54) is 12.3 Å². The van der Waals surface area contributed by atoms with Crippen molar-refractivity contribution in [1.82, 2.24) is 4.98 Å². The molecule has 0 aliphatic rings. The first-order valence-electron chi connectivity index (χ1n) is 5.61. The molecule has 1 aromatic heterocycles. The van der Waals surface area contributed by atoms with E-state index in [2.05, 4.69) is 4.98 Å². The van der Waals surface area contributed by atoms with Gasteiger partial charge in [-0.25, -0.2) is 4.79 Å². The third-order valence-corrected chi connectivity index (χ3v) is 2.66. The van der Waals surface area contributed by atoms with E-state index in [1.807, 2.05) is 42.3 Å². The fraction of sp³-hybridized carbons (Fsp3) is 0.143. The number of benzene rings is 1. The van der Waals surface area contributed by atoms with Gasteiger partial charge in [-0.3, -0.25) is 4.98 Å². The highest BCUT2D eigenvalue weighted by Gasteiger charge is 2.06. The van der Waals surface area contributed by atoms with Crippen LogP contribution in [0.3, 0.4) is 0 Å². The Morgan fingerprint density at radius 3 is 2.67 bits per heavy atom. The van der Waals surface area contributed by atoms with Crippen molar-refractivity contribution >= 4 is 11.7 Å². The zero-order chi connectivity index (χ0) is 13.0. The zero-order valence-corrected chi connectivity index (χ0v) is 10.1. The highest BCUT2D eigenvalue weighted by Crippen LogP contribution is 2.14. The molecule has 2 aromatic rings. The smallest absolute Gasteiger partial charge is 0.335 e. The van der Waals surface area contributed by atoms with Gasteiger partial charge in [0, 0.05) is 18.9 Å². The molecule has 1 aromatic carbocycles. The quantitative estimate of drug-likeness (QED) is 0.894. The molecule has 0 aliphatic heterocycles. The Bertz CT molecular complexity index is 541. The Hall–Kier alpha value is -2.36. The van der Waals surface area contributed by atoms with Gasteiger partial charge in [0.05, 0.1) is 17.8 Å². The van der Waals surface area contributed by atoms with Crippen LogP contribution < -0.4 is 4.90 Å². The first kappa shape index (κ1) is 12.1. The van der Waals surface area contributed by atoms with Gasteiger partial charge in [-0.15, -0.1) is 0 Å². The average molecular weight is 242 g/mol. The average Bonchev–Trinajstić information content (AvgIpc) is 2.40. The largest absolute Gasteiger partial charge is 0.478 e. The van der Waals surface area contributed by atoms with Crippen molar-refractivity contribution in [3.63, 3.8) is 0 Å². The molecule has 1 heterocycles. The maximum atomic E-state index is 10.9. The fourth-order valence-corrected chi connectivity index (χ4v) is 1.71. The lowest BCUT2D eigenvalue weighted by molar-refractivity contribution is 0.0696. The van der Waals surface area contributed by atoms with Crippen molar-refractivity contribution in [2.75, 3.05) is 11.9 Å². The van der Waals surface area contributed by atoms with Crippen molar-refractivity contribution in [2.45, 2.75) is 6.54 Å². The second kappa shape index (κ2) is 5.31. The minimum absolute atomic E-state index is 0.265. The van der Waals surface area contributed by atoms with E-state index in [9.17, 15) is 4.79 Å². The number of pyridine rings is 1. The van der Waals surface area contributed by atoms with Crippen LogP contribution in [0.1, 0.15) is 16.1 Å². The molecule has 2 rings (SSSR count). The summed E-state index contributed by atoms with van der Waals surface area (Å²) < 4.78 is 0. The van der Waals surface area contributed by atoms with Gasteiger partial charge in [0.15, 0.2) is 0 Å². The van der Waals surface area contributed by atoms with Crippen LogP contribution in [0.5, 0.6) is 0 Å². The first-order chi connectivity index (χ1) is 8.66. The molecular formula is C14H14N2O2. The molecule has 0 atom stereocenters. The molecule has 4 nitrogen and oxygen atoms in total. The number of anilines is 1. The molecule has 92 valence electrons. The number of aromatic carboxylic acids is 1. The number of carboxylic acids is 1. The number of aromatic nitrogens is 1. The number of rotatable bonds is 4. The number of carboxylic acid groups (broad SMARTS) is 1. The Labute approximate surface area is 106 Å². The summed E-state index contributed by atoms with van der Waals surface area (Å²) in [6.07, 6.45) is 1.53. The van der Waals surface area contributed by atoms with E-state index in [1.54, 1.807) is 6.07 Å². The van der Waals surface area contributed by atoms with E-state index in [4.69, 9.17) is 5.11 Å². The van der Waals surface area contributed by atoms with Crippen LogP contribution in [0.2, 0.25) is 0 Å². The predicted molar refractivity (Wildman–Crippen MR) is 69.7 cm³/mol. The van der Waals surface area contributed by atoms with Crippen LogP contribution in [0.4, 0.5) is 5.69 Å². The van der Waals surface area contributed by atoms with Crippen LogP contribution in [0.15, 0.2) is 48.7 Å². The molecule has 4 heteroatoms. The molecule has 0 unspecified atom stereocenters. The normalized spacial score (nSPS) is 10.1. The highest BCUT2D eigenvalue weighted by molar-refractivity contribution is 5.87. The van der Waals surface area contributed by atoms with Crippen LogP contribution >= 0.6 is 0 Å². The third kappa shape index (κ3) is 2.85.